The molecule has 0 saturated carbocycles. The highest BCUT2D eigenvalue weighted by Crippen LogP contribution is 2.52. The Kier molecular flexibility index (Phi) is 12.0. The molecule has 0 amide bonds. The molecule has 6 heterocycles. The number of benzene rings is 13. The second kappa shape index (κ2) is 21.3. The summed E-state index contributed by atoms with van der Waals surface area (Å²) in [5.74, 6) is 0. The van der Waals surface area contributed by atoms with E-state index >= 15 is 0 Å². The first-order valence-electron chi connectivity index (χ1n) is 32.1. The molecule has 0 atom stereocenters. The maximum absolute atomic E-state index is 10.7. The Hall–Kier alpha value is -14.0. The number of pyridine rings is 1. The second-order valence-electron chi connectivity index (χ2n) is 24.6. The van der Waals surface area contributed by atoms with Gasteiger partial charge in [0.2, 0.25) is 0 Å². The summed E-state index contributed by atoms with van der Waals surface area (Å²) in [6.45, 7) is 0. The lowest BCUT2D eigenvalue weighted by molar-refractivity contribution is 1.10. The molecular weight excluding hydrogens is 1190 g/mol. The SMILES string of the molecule is N#Cc1ccc2c(c1)c1cc(C#N)ccc1n2-c1c(-c2ccc(-n3c4ccccc4c4ccccc43)cc2)nc(-c2ccc(-n3c4ccccc4c4ccccc43)cc2)c(-n2c3ccc(C#N)cc3c3cc(C#N)ccc32)c1-c1cccc2c1c1ccccc1n2-c1ccccc1. The molecule has 0 aliphatic heterocycles. The summed E-state index contributed by atoms with van der Waals surface area (Å²) in [5.41, 5.74) is 20.5. The van der Waals surface area contributed by atoms with Gasteiger partial charge in [0.1, 0.15) is 0 Å². The zero-order valence-corrected chi connectivity index (χ0v) is 51.7. The van der Waals surface area contributed by atoms with Gasteiger partial charge in [-0.3, -0.25) is 0 Å². The lowest BCUT2D eigenvalue weighted by atomic mass is 9.91. The standard InChI is InChI=1S/C87H48N10/c88-49-53-29-41-77-68(45-53)69-46-54(50-89)30-42-78(69)96(77)86-83(67-22-14-28-81-82(67)66-21-8-13-27-76(66)95(81)59-15-2-1-3-16-59)87(97-79-43-31-55(51-90)47-70(79)71-48-56(52-91)32-44-80(71)97)85(58-35-39-61(40-36-58)94-74-25-11-6-19-64(74)65-20-7-12-26-75(65)94)92-84(86)57-33-37-60(38-34-57)93-72-23-9-4-17-62(72)63-18-5-10-24-73(63)93/h1-48H. The van der Waals surface area contributed by atoms with Crippen LogP contribution >= 0.6 is 0 Å². The van der Waals surface area contributed by atoms with Crippen molar-refractivity contribution in [3.63, 3.8) is 0 Å². The van der Waals surface area contributed by atoms with Crippen molar-refractivity contribution in [1.82, 2.24) is 27.8 Å². The molecule has 10 nitrogen and oxygen atoms in total. The van der Waals surface area contributed by atoms with Gasteiger partial charge in [-0.2, -0.15) is 21.0 Å². The summed E-state index contributed by atoms with van der Waals surface area (Å²) >= 11 is 0. The van der Waals surface area contributed by atoms with Crippen molar-refractivity contribution < 1.29 is 0 Å². The van der Waals surface area contributed by atoms with Gasteiger partial charge in [0.05, 0.1) is 124 Å². The maximum atomic E-state index is 10.7. The molecule has 0 saturated heterocycles. The van der Waals surface area contributed by atoms with Crippen LogP contribution in [0.1, 0.15) is 22.3 Å². The highest BCUT2D eigenvalue weighted by atomic mass is 15.1. The summed E-state index contributed by atoms with van der Waals surface area (Å²) in [7, 11) is 0. The van der Waals surface area contributed by atoms with Crippen molar-refractivity contribution in [2.24, 2.45) is 0 Å². The third-order valence-corrected chi connectivity index (χ3v) is 19.6. The molecule has 0 aliphatic rings. The molecular formula is C87H48N10. The van der Waals surface area contributed by atoms with Crippen LogP contribution in [0.3, 0.4) is 0 Å². The predicted octanol–water partition coefficient (Wildman–Crippen LogP) is 21.1. The fraction of sp³-hybridized carbons (Fsp3) is 0. The summed E-state index contributed by atoms with van der Waals surface area (Å²) < 4.78 is 11.6. The molecule has 0 radical (unpaired) electrons. The fourth-order valence-electron chi connectivity index (χ4n) is 15.5. The first-order valence-corrected chi connectivity index (χ1v) is 32.1. The average molecular weight is 1230 g/mol. The molecule has 446 valence electrons. The molecule has 6 aromatic heterocycles. The Morgan fingerprint density at radius 3 is 0.907 bits per heavy atom. The summed E-state index contributed by atoms with van der Waals surface area (Å²) in [6, 6.07) is 110. The third-order valence-electron chi connectivity index (χ3n) is 19.6. The van der Waals surface area contributed by atoms with Crippen LogP contribution in [-0.2, 0) is 0 Å². The quantitative estimate of drug-likeness (QED) is 0.149. The lowest BCUT2D eigenvalue weighted by Gasteiger charge is -2.26. The van der Waals surface area contributed by atoms with Crippen molar-refractivity contribution in [3.05, 3.63) is 313 Å². The predicted molar refractivity (Wildman–Crippen MR) is 391 cm³/mol. The number of hydrogen-bond acceptors (Lipinski definition) is 5. The molecule has 0 spiro atoms. The molecule has 19 aromatic rings. The lowest BCUT2D eigenvalue weighted by Crippen LogP contribution is -2.11. The van der Waals surface area contributed by atoms with E-state index in [4.69, 9.17) is 4.98 Å². The van der Waals surface area contributed by atoms with E-state index in [9.17, 15) is 21.0 Å². The van der Waals surface area contributed by atoms with E-state index in [-0.39, 0.29) is 0 Å². The van der Waals surface area contributed by atoms with Crippen LogP contribution in [0.4, 0.5) is 0 Å². The smallest absolute Gasteiger partial charge is 0.0991 e. The molecule has 0 fully saturated rings. The van der Waals surface area contributed by atoms with Gasteiger partial charge < -0.3 is 22.8 Å². The summed E-state index contributed by atoms with van der Waals surface area (Å²) in [6.07, 6.45) is 0. The van der Waals surface area contributed by atoms with Crippen LogP contribution in [-0.4, -0.2) is 27.8 Å². The molecule has 19 rings (SSSR count). The van der Waals surface area contributed by atoms with E-state index in [2.05, 4.69) is 259 Å². The van der Waals surface area contributed by atoms with Crippen LogP contribution in [0.2, 0.25) is 0 Å². The van der Waals surface area contributed by atoms with E-state index in [0.29, 0.717) is 33.6 Å². The first kappa shape index (κ1) is 54.7. The van der Waals surface area contributed by atoms with Crippen molar-refractivity contribution in [1.29, 1.82) is 21.0 Å². The van der Waals surface area contributed by atoms with E-state index in [1.165, 1.54) is 0 Å². The van der Waals surface area contributed by atoms with Gasteiger partial charge >= 0.3 is 0 Å². The van der Waals surface area contributed by atoms with Crippen molar-refractivity contribution in [2.75, 3.05) is 0 Å². The van der Waals surface area contributed by atoms with Crippen LogP contribution in [0.5, 0.6) is 0 Å². The Balaban J connectivity index is 1.03. The third kappa shape index (κ3) is 8.06. The minimum absolute atomic E-state index is 0.478. The van der Waals surface area contributed by atoms with E-state index in [0.717, 1.165) is 160 Å². The summed E-state index contributed by atoms with van der Waals surface area (Å²) in [4.78, 5) is 6.28. The van der Waals surface area contributed by atoms with Crippen molar-refractivity contribution in [2.45, 2.75) is 0 Å². The van der Waals surface area contributed by atoms with Crippen molar-refractivity contribution >= 4 is 109 Å². The zero-order valence-electron chi connectivity index (χ0n) is 51.7. The van der Waals surface area contributed by atoms with Gasteiger partial charge in [0, 0.05) is 87.6 Å². The number of rotatable bonds is 8. The molecule has 13 aromatic carbocycles. The average Bonchev–Trinajstić information content (AvgIpc) is 1.67. The van der Waals surface area contributed by atoms with Crippen molar-refractivity contribution in [3.8, 4) is 86.4 Å². The van der Waals surface area contributed by atoms with E-state index in [1.807, 2.05) is 78.9 Å². The highest BCUT2D eigenvalue weighted by molar-refractivity contribution is 6.21. The zero-order chi connectivity index (χ0) is 64.6. The number of para-hydroxylation sites is 6. The molecule has 0 N–H and O–H groups in total. The molecule has 0 aliphatic carbocycles. The minimum atomic E-state index is 0.478. The van der Waals surface area contributed by atoms with Crippen LogP contribution in [0, 0.1) is 45.3 Å². The van der Waals surface area contributed by atoms with Gasteiger partial charge in [-0.25, -0.2) is 4.98 Å². The number of hydrogen-bond donors (Lipinski definition) is 0. The van der Waals surface area contributed by atoms with Crippen LogP contribution in [0.25, 0.3) is 171 Å². The first-order chi connectivity index (χ1) is 48.0. The maximum Gasteiger partial charge on any atom is 0.0991 e. The molecule has 0 bridgehead atoms. The van der Waals surface area contributed by atoms with E-state index in [1.54, 1.807) is 0 Å². The van der Waals surface area contributed by atoms with Crippen LogP contribution < -0.4 is 0 Å². The minimum Gasteiger partial charge on any atom is -0.309 e. The Labute approximate surface area is 554 Å². The summed E-state index contributed by atoms with van der Waals surface area (Å²) in [5, 5.41) is 52.5. The highest BCUT2D eigenvalue weighted by Gasteiger charge is 2.32. The Morgan fingerprint density at radius 1 is 0.237 bits per heavy atom. The molecule has 10 heteroatoms. The largest absolute Gasteiger partial charge is 0.309 e. The number of nitriles is 4. The monoisotopic (exact) mass is 1230 g/mol. The molecule has 0 unspecified atom stereocenters. The van der Waals surface area contributed by atoms with Crippen LogP contribution in [0.15, 0.2) is 291 Å². The van der Waals surface area contributed by atoms with Gasteiger partial charge in [-0.1, -0.05) is 146 Å². The topological polar surface area (TPSA) is 133 Å². The number of aromatic nitrogens is 6. The van der Waals surface area contributed by atoms with Gasteiger partial charge in [-0.15, -0.1) is 0 Å². The number of nitrogens with zero attached hydrogens (tertiary/aromatic N) is 10. The normalized spacial score (nSPS) is 11.7. The Bertz CT molecular complexity index is 6200. The fourth-order valence-corrected chi connectivity index (χ4v) is 15.5. The number of fused-ring (bicyclic) bond motifs is 15. The van der Waals surface area contributed by atoms with Gasteiger partial charge in [-0.05, 0) is 151 Å². The molecule has 97 heavy (non-hydrogen) atoms. The van der Waals surface area contributed by atoms with Gasteiger partial charge in [0.25, 0.3) is 0 Å². The Morgan fingerprint density at radius 2 is 0.536 bits per heavy atom. The van der Waals surface area contributed by atoms with E-state index < -0.39 is 0 Å². The van der Waals surface area contributed by atoms with Gasteiger partial charge in [0.15, 0.2) is 0 Å². The second-order valence-corrected chi connectivity index (χ2v) is 24.6.